The second-order valence-corrected chi connectivity index (χ2v) is 9.69. The molecule has 0 aromatic carbocycles. The number of rotatable bonds is 4. The Morgan fingerprint density at radius 1 is 0.812 bits per heavy atom. The molecule has 2 atom stereocenters. The van der Waals surface area contributed by atoms with E-state index in [1.807, 2.05) is 0 Å². The molecule has 3 aliphatic heterocycles. The molecule has 4 rings (SSSR count). The summed E-state index contributed by atoms with van der Waals surface area (Å²) in [6.45, 7) is 3.34. The first-order valence-corrected chi connectivity index (χ1v) is 12.4. The monoisotopic (exact) mass is 447 g/mol. The number of hydrogen-bond donors (Lipinski definition) is 3. The highest BCUT2D eigenvalue weighted by Crippen LogP contribution is 2.28. The van der Waals surface area contributed by atoms with E-state index in [-0.39, 0.29) is 42.0 Å². The molecule has 9 heteroatoms. The molecule has 0 radical (unpaired) electrons. The van der Waals surface area contributed by atoms with Gasteiger partial charge in [-0.3, -0.25) is 19.2 Å². The van der Waals surface area contributed by atoms with Gasteiger partial charge in [0.1, 0.15) is 12.1 Å². The highest BCUT2D eigenvalue weighted by Gasteiger charge is 2.41. The predicted octanol–water partition coefficient (Wildman–Crippen LogP) is 0.000500. The topological polar surface area (TPSA) is 111 Å². The summed E-state index contributed by atoms with van der Waals surface area (Å²) < 4.78 is 0. The predicted molar refractivity (Wildman–Crippen MR) is 118 cm³/mol. The minimum absolute atomic E-state index is 0.0234. The summed E-state index contributed by atoms with van der Waals surface area (Å²) in [5.41, 5.74) is 0. The van der Waals surface area contributed by atoms with E-state index in [0.29, 0.717) is 26.1 Å². The van der Waals surface area contributed by atoms with Gasteiger partial charge in [-0.05, 0) is 51.6 Å². The molecule has 9 nitrogen and oxygen atoms in total. The average molecular weight is 448 g/mol. The summed E-state index contributed by atoms with van der Waals surface area (Å²) in [4.78, 5) is 55.5. The molecular formula is C23H37N5O4. The molecular weight excluding hydrogens is 410 g/mol. The third-order valence-electron chi connectivity index (χ3n) is 7.52. The van der Waals surface area contributed by atoms with Crippen LogP contribution in [0.3, 0.4) is 0 Å². The molecule has 178 valence electrons. The van der Waals surface area contributed by atoms with Crippen LogP contribution in [0.4, 0.5) is 0 Å². The Kier molecular flexibility index (Phi) is 7.65. The lowest BCUT2D eigenvalue weighted by molar-refractivity contribution is -0.153. The summed E-state index contributed by atoms with van der Waals surface area (Å²) in [6.07, 6.45) is 8.00. The first-order chi connectivity index (χ1) is 15.5. The maximum atomic E-state index is 13.4. The van der Waals surface area contributed by atoms with E-state index in [9.17, 15) is 19.2 Å². The standard InChI is InChI=1S/C23H37N5O4/c29-20-18(7-4-10-25-20)26-21(30)19-15-27(22(31)17-8-11-24-12-9-17)13-14-28(19)23(32)16-5-2-1-3-6-16/h16-19,24H,1-15H2,(H,25,29)(H,26,30). The first kappa shape index (κ1) is 23.0. The van der Waals surface area contributed by atoms with Crippen LogP contribution in [-0.4, -0.2) is 84.8 Å². The van der Waals surface area contributed by atoms with Crippen LogP contribution in [0, 0.1) is 11.8 Å². The number of nitrogens with one attached hydrogen (secondary N) is 3. The van der Waals surface area contributed by atoms with Gasteiger partial charge in [-0.15, -0.1) is 0 Å². The molecule has 32 heavy (non-hydrogen) atoms. The zero-order valence-electron chi connectivity index (χ0n) is 18.9. The van der Waals surface area contributed by atoms with Crippen LogP contribution in [0.1, 0.15) is 57.8 Å². The van der Waals surface area contributed by atoms with E-state index < -0.39 is 12.1 Å². The molecule has 4 fully saturated rings. The van der Waals surface area contributed by atoms with Gasteiger partial charge in [-0.25, -0.2) is 0 Å². The normalized spacial score (nSPS) is 28.2. The molecule has 1 aliphatic carbocycles. The van der Waals surface area contributed by atoms with Crippen LogP contribution in [0.5, 0.6) is 0 Å². The average Bonchev–Trinajstić information content (AvgIpc) is 2.85. The van der Waals surface area contributed by atoms with Gasteiger partial charge in [0.2, 0.25) is 23.6 Å². The Balaban J connectivity index is 1.47. The van der Waals surface area contributed by atoms with Crippen LogP contribution in [0.2, 0.25) is 0 Å². The van der Waals surface area contributed by atoms with E-state index in [4.69, 9.17) is 0 Å². The van der Waals surface area contributed by atoms with Crippen molar-refractivity contribution in [2.75, 3.05) is 39.3 Å². The van der Waals surface area contributed by atoms with Gasteiger partial charge in [-0.2, -0.15) is 0 Å². The number of hydrogen-bond acceptors (Lipinski definition) is 5. The number of piperidine rings is 2. The van der Waals surface area contributed by atoms with Crippen molar-refractivity contribution in [1.29, 1.82) is 0 Å². The van der Waals surface area contributed by atoms with Gasteiger partial charge in [0.15, 0.2) is 0 Å². The molecule has 1 saturated carbocycles. The highest BCUT2D eigenvalue weighted by molar-refractivity contribution is 5.93. The van der Waals surface area contributed by atoms with Crippen molar-refractivity contribution in [3.05, 3.63) is 0 Å². The summed E-state index contributed by atoms with van der Waals surface area (Å²) in [7, 11) is 0. The molecule has 4 amide bonds. The lowest BCUT2D eigenvalue weighted by Gasteiger charge is -2.43. The number of amides is 4. The fraction of sp³-hybridized carbons (Fsp3) is 0.826. The summed E-state index contributed by atoms with van der Waals surface area (Å²) in [5.74, 6) is -0.433. The smallest absolute Gasteiger partial charge is 0.245 e. The lowest BCUT2D eigenvalue weighted by atomic mass is 9.87. The van der Waals surface area contributed by atoms with E-state index in [1.165, 1.54) is 0 Å². The van der Waals surface area contributed by atoms with Gasteiger partial charge < -0.3 is 25.8 Å². The molecule has 0 aromatic rings. The molecule has 3 saturated heterocycles. The van der Waals surface area contributed by atoms with Crippen molar-refractivity contribution >= 4 is 23.6 Å². The zero-order chi connectivity index (χ0) is 22.5. The zero-order valence-corrected chi connectivity index (χ0v) is 18.9. The Morgan fingerprint density at radius 3 is 2.25 bits per heavy atom. The van der Waals surface area contributed by atoms with Crippen molar-refractivity contribution in [3.8, 4) is 0 Å². The third kappa shape index (κ3) is 5.24. The van der Waals surface area contributed by atoms with Crippen molar-refractivity contribution < 1.29 is 19.2 Å². The van der Waals surface area contributed by atoms with Crippen LogP contribution in [0.25, 0.3) is 0 Å². The van der Waals surface area contributed by atoms with Gasteiger partial charge >= 0.3 is 0 Å². The van der Waals surface area contributed by atoms with E-state index in [1.54, 1.807) is 9.80 Å². The molecule has 0 bridgehead atoms. The number of carbonyl (C=O) groups is 4. The van der Waals surface area contributed by atoms with Crippen LogP contribution in [0.15, 0.2) is 0 Å². The van der Waals surface area contributed by atoms with Gasteiger partial charge in [0, 0.05) is 31.5 Å². The summed E-state index contributed by atoms with van der Waals surface area (Å²) >= 11 is 0. The van der Waals surface area contributed by atoms with E-state index in [0.717, 1.165) is 64.5 Å². The number of nitrogens with zero attached hydrogens (tertiary/aromatic N) is 2. The SMILES string of the molecule is O=C1NCCCC1NC(=O)C1CN(C(=O)C2CCNCC2)CCN1C(=O)C1CCCCC1. The number of carbonyl (C=O) groups excluding carboxylic acids is 4. The largest absolute Gasteiger partial charge is 0.354 e. The van der Waals surface area contributed by atoms with Crippen molar-refractivity contribution in [2.24, 2.45) is 11.8 Å². The lowest BCUT2D eigenvalue weighted by Crippen LogP contribution is -2.65. The molecule has 3 N–H and O–H groups in total. The van der Waals surface area contributed by atoms with Gasteiger partial charge in [0.25, 0.3) is 0 Å². The van der Waals surface area contributed by atoms with Crippen molar-refractivity contribution in [1.82, 2.24) is 25.8 Å². The second kappa shape index (κ2) is 10.6. The van der Waals surface area contributed by atoms with E-state index >= 15 is 0 Å². The van der Waals surface area contributed by atoms with Crippen LogP contribution < -0.4 is 16.0 Å². The molecule has 2 unspecified atom stereocenters. The summed E-state index contributed by atoms with van der Waals surface area (Å²) in [6, 6.07) is -1.31. The minimum atomic E-state index is -0.737. The Hall–Kier alpha value is -2.16. The fourth-order valence-electron chi connectivity index (χ4n) is 5.56. The minimum Gasteiger partial charge on any atom is -0.354 e. The maximum absolute atomic E-state index is 13.4. The van der Waals surface area contributed by atoms with Crippen molar-refractivity contribution in [3.63, 3.8) is 0 Å². The Morgan fingerprint density at radius 2 is 1.53 bits per heavy atom. The Labute approximate surface area is 190 Å². The molecule has 0 aromatic heterocycles. The molecule has 3 heterocycles. The van der Waals surface area contributed by atoms with Crippen LogP contribution in [-0.2, 0) is 19.2 Å². The quantitative estimate of drug-likeness (QED) is 0.562. The highest BCUT2D eigenvalue weighted by atomic mass is 16.2. The van der Waals surface area contributed by atoms with Crippen molar-refractivity contribution in [2.45, 2.75) is 69.9 Å². The molecule has 4 aliphatic rings. The third-order valence-corrected chi connectivity index (χ3v) is 7.52. The van der Waals surface area contributed by atoms with E-state index in [2.05, 4.69) is 16.0 Å². The fourth-order valence-corrected chi connectivity index (χ4v) is 5.56. The van der Waals surface area contributed by atoms with Gasteiger partial charge in [-0.1, -0.05) is 19.3 Å². The Bertz CT molecular complexity index is 717. The first-order valence-electron chi connectivity index (χ1n) is 12.4. The number of piperazine rings is 1. The van der Waals surface area contributed by atoms with Crippen LogP contribution >= 0.6 is 0 Å². The maximum Gasteiger partial charge on any atom is 0.245 e. The van der Waals surface area contributed by atoms with Gasteiger partial charge in [0.05, 0.1) is 6.54 Å². The summed E-state index contributed by atoms with van der Waals surface area (Å²) in [5, 5.41) is 8.95. The molecule has 0 spiro atoms. The second-order valence-electron chi connectivity index (χ2n) is 9.69.